The second-order valence-corrected chi connectivity index (χ2v) is 6.49. The minimum Gasteiger partial charge on any atom is -0.378 e. The van der Waals surface area contributed by atoms with Gasteiger partial charge in [0.25, 0.3) is 0 Å². The summed E-state index contributed by atoms with van der Waals surface area (Å²) in [6, 6.07) is 7.99. The molecule has 1 amide bonds. The van der Waals surface area contributed by atoms with Crippen LogP contribution in [0.2, 0.25) is 5.02 Å². The number of halogens is 1. The van der Waals surface area contributed by atoms with Gasteiger partial charge in [-0.1, -0.05) is 29.8 Å². The maximum absolute atomic E-state index is 12.5. The lowest BCUT2D eigenvalue weighted by molar-refractivity contribution is -0.141. The van der Waals surface area contributed by atoms with Crippen molar-refractivity contribution in [3.05, 3.63) is 34.9 Å². The zero-order valence-electron chi connectivity index (χ0n) is 12.8. The average molecular weight is 323 g/mol. The molecule has 5 heteroatoms. The first-order valence-electron chi connectivity index (χ1n) is 8.06. The highest BCUT2D eigenvalue weighted by Crippen LogP contribution is 2.23. The first-order valence-corrected chi connectivity index (χ1v) is 8.44. The summed E-state index contributed by atoms with van der Waals surface area (Å²) in [7, 11) is 0. The molecule has 2 saturated heterocycles. The Bertz CT molecular complexity index is 509. The second kappa shape index (κ2) is 7.44. The zero-order chi connectivity index (χ0) is 15.4. The fourth-order valence-corrected chi connectivity index (χ4v) is 3.44. The van der Waals surface area contributed by atoms with Gasteiger partial charge in [0.15, 0.2) is 0 Å². The van der Waals surface area contributed by atoms with Crippen LogP contribution in [0, 0.1) is 5.92 Å². The summed E-state index contributed by atoms with van der Waals surface area (Å²) >= 11 is 6.22. The van der Waals surface area contributed by atoms with E-state index in [2.05, 4.69) is 11.0 Å². The number of benzene rings is 1. The standard InChI is InChI=1S/C17H23ClN2O2/c18-16-4-2-1-3-15(16)13-19-7-5-14(6-8-19)17(21)20-9-11-22-12-10-20/h1-4,14H,5-13H2. The Hall–Kier alpha value is -1.10. The van der Waals surface area contributed by atoms with Gasteiger partial charge in [-0.25, -0.2) is 0 Å². The number of carbonyl (C=O) groups excluding carboxylic acids is 1. The molecule has 0 aromatic heterocycles. The fraction of sp³-hybridized carbons (Fsp3) is 0.588. The topological polar surface area (TPSA) is 32.8 Å². The van der Waals surface area contributed by atoms with Gasteiger partial charge in [0, 0.05) is 30.6 Å². The first-order chi connectivity index (χ1) is 10.7. The molecule has 22 heavy (non-hydrogen) atoms. The van der Waals surface area contributed by atoms with E-state index in [0.717, 1.165) is 50.6 Å². The summed E-state index contributed by atoms with van der Waals surface area (Å²) < 4.78 is 5.32. The summed E-state index contributed by atoms with van der Waals surface area (Å²) in [4.78, 5) is 16.9. The Morgan fingerprint density at radius 1 is 1.14 bits per heavy atom. The summed E-state index contributed by atoms with van der Waals surface area (Å²) in [5.74, 6) is 0.501. The third kappa shape index (κ3) is 3.80. The molecule has 0 atom stereocenters. The second-order valence-electron chi connectivity index (χ2n) is 6.08. The Kier molecular flexibility index (Phi) is 5.34. The molecule has 2 aliphatic rings. The van der Waals surface area contributed by atoms with Crippen molar-refractivity contribution in [3.63, 3.8) is 0 Å². The van der Waals surface area contributed by atoms with Crippen LogP contribution in [0.1, 0.15) is 18.4 Å². The van der Waals surface area contributed by atoms with Crippen molar-refractivity contribution in [3.8, 4) is 0 Å². The van der Waals surface area contributed by atoms with Crippen LogP contribution in [0.3, 0.4) is 0 Å². The van der Waals surface area contributed by atoms with Crippen molar-refractivity contribution >= 4 is 17.5 Å². The fourth-order valence-electron chi connectivity index (χ4n) is 3.25. The van der Waals surface area contributed by atoms with Crippen LogP contribution < -0.4 is 0 Å². The molecule has 0 aliphatic carbocycles. The van der Waals surface area contributed by atoms with Gasteiger partial charge in [-0.3, -0.25) is 9.69 Å². The number of likely N-dealkylation sites (tertiary alicyclic amines) is 1. The number of hydrogen-bond donors (Lipinski definition) is 0. The van der Waals surface area contributed by atoms with Gasteiger partial charge in [-0.05, 0) is 37.6 Å². The van der Waals surface area contributed by atoms with Gasteiger partial charge in [0.2, 0.25) is 5.91 Å². The lowest BCUT2D eigenvalue weighted by Crippen LogP contribution is -2.46. The Labute approximate surface area is 137 Å². The Morgan fingerprint density at radius 3 is 2.50 bits per heavy atom. The number of hydrogen-bond acceptors (Lipinski definition) is 3. The zero-order valence-corrected chi connectivity index (χ0v) is 13.6. The number of amides is 1. The maximum Gasteiger partial charge on any atom is 0.225 e. The van der Waals surface area contributed by atoms with Crippen LogP contribution in [0.15, 0.2) is 24.3 Å². The molecule has 1 aromatic rings. The third-order valence-electron chi connectivity index (χ3n) is 4.61. The highest BCUT2D eigenvalue weighted by molar-refractivity contribution is 6.31. The summed E-state index contributed by atoms with van der Waals surface area (Å²) in [5, 5.41) is 0.828. The van der Waals surface area contributed by atoms with E-state index in [1.165, 1.54) is 5.56 Å². The molecule has 3 rings (SSSR count). The van der Waals surface area contributed by atoms with Crippen molar-refractivity contribution < 1.29 is 9.53 Å². The number of morpholine rings is 1. The number of ether oxygens (including phenoxy) is 1. The van der Waals surface area contributed by atoms with Crippen LogP contribution in [0.5, 0.6) is 0 Å². The monoisotopic (exact) mass is 322 g/mol. The molecule has 2 fully saturated rings. The lowest BCUT2D eigenvalue weighted by Gasteiger charge is -2.35. The van der Waals surface area contributed by atoms with Crippen molar-refractivity contribution in [1.82, 2.24) is 9.80 Å². The molecule has 0 spiro atoms. The molecule has 0 radical (unpaired) electrons. The number of carbonyl (C=O) groups is 1. The van der Waals surface area contributed by atoms with E-state index in [1.807, 2.05) is 23.1 Å². The third-order valence-corrected chi connectivity index (χ3v) is 4.98. The van der Waals surface area contributed by atoms with Gasteiger partial charge in [-0.2, -0.15) is 0 Å². The van der Waals surface area contributed by atoms with Gasteiger partial charge < -0.3 is 9.64 Å². The van der Waals surface area contributed by atoms with Gasteiger partial charge >= 0.3 is 0 Å². The maximum atomic E-state index is 12.5. The Morgan fingerprint density at radius 2 is 1.82 bits per heavy atom. The van der Waals surface area contributed by atoms with E-state index in [1.54, 1.807) is 0 Å². The van der Waals surface area contributed by atoms with Crippen LogP contribution in [0.4, 0.5) is 0 Å². The molecule has 0 saturated carbocycles. The van der Waals surface area contributed by atoms with E-state index in [0.29, 0.717) is 19.1 Å². The van der Waals surface area contributed by atoms with Crippen LogP contribution in [-0.4, -0.2) is 55.1 Å². The first kappa shape index (κ1) is 15.8. The van der Waals surface area contributed by atoms with E-state index in [9.17, 15) is 4.79 Å². The van der Waals surface area contributed by atoms with E-state index in [4.69, 9.17) is 16.3 Å². The summed E-state index contributed by atoms with van der Waals surface area (Å²) in [6.45, 7) is 5.65. The van der Waals surface area contributed by atoms with E-state index < -0.39 is 0 Å². The Balaban J connectivity index is 1.50. The highest BCUT2D eigenvalue weighted by atomic mass is 35.5. The smallest absolute Gasteiger partial charge is 0.225 e. The minimum atomic E-state index is 0.181. The quantitative estimate of drug-likeness (QED) is 0.856. The summed E-state index contributed by atoms with van der Waals surface area (Å²) in [5.41, 5.74) is 1.17. The summed E-state index contributed by atoms with van der Waals surface area (Å²) in [6.07, 6.45) is 1.89. The molecule has 120 valence electrons. The highest BCUT2D eigenvalue weighted by Gasteiger charge is 2.29. The molecular formula is C17H23ClN2O2. The molecule has 1 aromatic carbocycles. The van der Waals surface area contributed by atoms with E-state index >= 15 is 0 Å². The molecule has 0 N–H and O–H groups in total. The van der Waals surface area contributed by atoms with Gasteiger partial charge in [0.05, 0.1) is 13.2 Å². The van der Waals surface area contributed by atoms with Crippen LogP contribution in [0.25, 0.3) is 0 Å². The largest absolute Gasteiger partial charge is 0.378 e. The molecule has 4 nitrogen and oxygen atoms in total. The predicted molar refractivity (Wildman–Crippen MR) is 86.9 cm³/mol. The number of rotatable bonds is 3. The predicted octanol–water partition coefficient (Wildman–Crippen LogP) is 2.41. The number of piperidine rings is 1. The van der Waals surface area contributed by atoms with Crippen LogP contribution in [-0.2, 0) is 16.1 Å². The van der Waals surface area contributed by atoms with Gasteiger partial charge in [0.1, 0.15) is 0 Å². The van der Waals surface area contributed by atoms with Crippen LogP contribution >= 0.6 is 11.6 Å². The molecule has 2 aliphatic heterocycles. The van der Waals surface area contributed by atoms with Crippen molar-refractivity contribution in [2.45, 2.75) is 19.4 Å². The molecular weight excluding hydrogens is 300 g/mol. The van der Waals surface area contributed by atoms with Crippen molar-refractivity contribution in [1.29, 1.82) is 0 Å². The SMILES string of the molecule is O=C(C1CCN(Cc2ccccc2Cl)CC1)N1CCOCC1. The van der Waals surface area contributed by atoms with E-state index in [-0.39, 0.29) is 5.92 Å². The average Bonchev–Trinajstić information content (AvgIpc) is 2.58. The molecule has 2 heterocycles. The lowest BCUT2D eigenvalue weighted by atomic mass is 9.94. The minimum absolute atomic E-state index is 0.181. The number of nitrogens with zero attached hydrogens (tertiary/aromatic N) is 2. The van der Waals surface area contributed by atoms with Gasteiger partial charge in [-0.15, -0.1) is 0 Å². The van der Waals surface area contributed by atoms with Crippen molar-refractivity contribution in [2.24, 2.45) is 5.92 Å². The van der Waals surface area contributed by atoms with Crippen molar-refractivity contribution in [2.75, 3.05) is 39.4 Å². The molecule has 0 unspecified atom stereocenters. The molecule has 0 bridgehead atoms. The normalized spacial score (nSPS) is 21.0.